The van der Waals surface area contributed by atoms with Crippen LogP contribution in [0.25, 0.3) is 0 Å². The number of aliphatic hydroxyl groups is 1. The Hall–Kier alpha value is -0.800. The van der Waals surface area contributed by atoms with Gasteiger partial charge in [0.2, 0.25) is 0 Å². The van der Waals surface area contributed by atoms with Gasteiger partial charge in [0, 0.05) is 20.2 Å². The Kier molecular flexibility index (Phi) is 9.63. The Morgan fingerprint density at radius 3 is 2.67 bits per heavy atom. The summed E-state index contributed by atoms with van der Waals surface area (Å²) in [5, 5.41) is 16.6. The molecule has 0 spiro atoms. The van der Waals surface area contributed by atoms with Crippen LogP contribution in [0.2, 0.25) is 0 Å². The number of rotatable bonds is 7. The summed E-state index contributed by atoms with van der Waals surface area (Å²) in [5.74, 6) is 1.94. The molecule has 0 aromatic carbocycles. The van der Waals surface area contributed by atoms with Crippen LogP contribution in [0, 0.1) is 6.92 Å². The molecule has 0 fully saturated rings. The average Bonchev–Trinajstić information content (AvgIpc) is 2.84. The fourth-order valence-corrected chi connectivity index (χ4v) is 1.65. The maximum atomic E-state index is 10.4. The lowest BCUT2D eigenvalue weighted by Crippen LogP contribution is -2.40. The Labute approximate surface area is 143 Å². The van der Waals surface area contributed by atoms with Crippen molar-refractivity contribution in [2.24, 2.45) is 4.99 Å². The van der Waals surface area contributed by atoms with Gasteiger partial charge in [0.1, 0.15) is 17.1 Å². The maximum Gasteiger partial charge on any atom is 0.191 e. The monoisotopic (exact) mass is 411 g/mol. The second-order valence-corrected chi connectivity index (χ2v) is 4.80. The molecular formula is C14H26IN3O3. The van der Waals surface area contributed by atoms with E-state index in [9.17, 15) is 5.11 Å². The summed E-state index contributed by atoms with van der Waals surface area (Å²) in [5.41, 5.74) is -1.13. The van der Waals surface area contributed by atoms with Crippen molar-refractivity contribution in [3.8, 4) is 0 Å². The summed E-state index contributed by atoms with van der Waals surface area (Å²) in [7, 11) is 1.65. The molecule has 3 N–H and O–H groups in total. The van der Waals surface area contributed by atoms with E-state index in [0.717, 1.165) is 12.3 Å². The minimum absolute atomic E-state index is 0. The molecule has 1 atom stereocenters. The van der Waals surface area contributed by atoms with Gasteiger partial charge in [-0.25, -0.2) is 4.99 Å². The van der Waals surface area contributed by atoms with Crippen molar-refractivity contribution in [1.29, 1.82) is 0 Å². The first-order valence-electron chi connectivity index (χ1n) is 6.80. The van der Waals surface area contributed by atoms with Crippen LogP contribution in [0.4, 0.5) is 0 Å². The van der Waals surface area contributed by atoms with E-state index < -0.39 is 5.60 Å². The molecule has 1 aromatic heterocycles. The molecule has 1 aromatic rings. The minimum Gasteiger partial charge on any atom is -0.463 e. The second kappa shape index (κ2) is 10.0. The quantitative estimate of drug-likeness (QED) is 0.275. The van der Waals surface area contributed by atoms with Crippen molar-refractivity contribution in [2.45, 2.75) is 26.4 Å². The van der Waals surface area contributed by atoms with Crippen molar-refractivity contribution in [3.63, 3.8) is 0 Å². The molecule has 0 bridgehead atoms. The topological polar surface area (TPSA) is 79.0 Å². The average molecular weight is 411 g/mol. The Morgan fingerprint density at radius 1 is 1.43 bits per heavy atom. The zero-order valence-corrected chi connectivity index (χ0v) is 15.4. The van der Waals surface area contributed by atoms with Gasteiger partial charge in [-0.05, 0) is 32.9 Å². The molecule has 0 aliphatic heterocycles. The van der Waals surface area contributed by atoms with Crippen molar-refractivity contribution < 1.29 is 14.3 Å². The standard InChI is InChI=1S/C14H25N3O3.HI/c1-5-15-13(16-8-9-19-4)17-10-14(3,18)12-7-6-11(2)20-12;/h6-7,18H,5,8-10H2,1-4H3,(H2,15,16,17);1H. The zero-order chi connectivity index (χ0) is 15.0. The highest BCUT2D eigenvalue weighted by Gasteiger charge is 2.26. The largest absolute Gasteiger partial charge is 0.463 e. The van der Waals surface area contributed by atoms with E-state index in [4.69, 9.17) is 9.15 Å². The first-order valence-corrected chi connectivity index (χ1v) is 6.80. The molecule has 0 saturated carbocycles. The third-order valence-corrected chi connectivity index (χ3v) is 2.76. The van der Waals surface area contributed by atoms with Crippen LogP contribution in [0.15, 0.2) is 21.5 Å². The summed E-state index contributed by atoms with van der Waals surface area (Å²) >= 11 is 0. The Balaban J connectivity index is 0.00000400. The van der Waals surface area contributed by atoms with Gasteiger partial charge in [-0.1, -0.05) is 0 Å². The first-order chi connectivity index (χ1) is 9.49. The minimum atomic E-state index is -1.13. The predicted octanol–water partition coefficient (Wildman–Crippen LogP) is 1.62. The number of nitrogens with zero attached hydrogens (tertiary/aromatic N) is 1. The number of nitrogens with one attached hydrogen (secondary N) is 2. The normalized spacial score (nSPS) is 14.2. The molecule has 0 saturated heterocycles. The molecule has 1 heterocycles. The van der Waals surface area contributed by atoms with Gasteiger partial charge in [-0.3, -0.25) is 0 Å². The Morgan fingerprint density at radius 2 is 2.14 bits per heavy atom. The van der Waals surface area contributed by atoms with E-state index in [2.05, 4.69) is 15.6 Å². The fraction of sp³-hybridized carbons (Fsp3) is 0.643. The molecule has 6 nitrogen and oxygen atoms in total. The molecule has 7 heteroatoms. The van der Waals surface area contributed by atoms with E-state index in [1.54, 1.807) is 20.1 Å². The van der Waals surface area contributed by atoms with Crippen LogP contribution in [0.3, 0.4) is 0 Å². The lowest BCUT2D eigenvalue weighted by atomic mass is 10.0. The van der Waals surface area contributed by atoms with Gasteiger partial charge in [-0.2, -0.15) is 0 Å². The highest BCUT2D eigenvalue weighted by molar-refractivity contribution is 14.0. The highest BCUT2D eigenvalue weighted by atomic mass is 127. The van der Waals surface area contributed by atoms with E-state index in [1.165, 1.54) is 0 Å². The van der Waals surface area contributed by atoms with Gasteiger partial charge in [-0.15, -0.1) is 24.0 Å². The van der Waals surface area contributed by atoms with E-state index in [1.807, 2.05) is 19.9 Å². The van der Waals surface area contributed by atoms with Gasteiger partial charge < -0.3 is 24.9 Å². The number of halogens is 1. The lowest BCUT2D eigenvalue weighted by Gasteiger charge is -2.19. The van der Waals surface area contributed by atoms with Crippen LogP contribution in [0.1, 0.15) is 25.4 Å². The van der Waals surface area contributed by atoms with Crippen LogP contribution >= 0.6 is 24.0 Å². The lowest BCUT2D eigenvalue weighted by molar-refractivity contribution is 0.0428. The number of ether oxygens (including phenoxy) is 1. The summed E-state index contributed by atoms with van der Waals surface area (Å²) in [6, 6.07) is 3.60. The summed E-state index contributed by atoms with van der Waals surface area (Å²) in [6.45, 7) is 7.74. The van der Waals surface area contributed by atoms with E-state index in [-0.39, 0.29) is 30.5 Å². The highest BCUT2D eigenvalue weighted by Crippen LogP contribution is 2.22. The van der Waals surface area contributed by atoms with Gasteiger partial charge >= 0.3 is 0 Å². The first kappa shape index (κ1) is 20.2. The number of hydrogen-bond acceptors (Lipinski definition) is 4. The van der Waals surface area contributed by atoms with Crippen LogP contribution < -0.4 is 10.6 Å². The molecular weight excluding hydrogens is 385 g/mol. The maximum absolute atomic E-state index is 10.4. The molecule has 21 heavy (non-hydrogen) atoms. The number of aliphatic imine (C=N–C) groups is 1. The number of aryl methyl sites for hydroxylation is 1. The van der Waals surface area contributed by atoms with Gasteiger partial charge in [0.25, 0.3) is 0 Å². The number of furan rings is 1. The molecule has 0 aliphatic carbocycles. The van der Waals surface area contributed by atoms with Crippen LogP contribution in [0.5, 0.6) is 0 Å². The molecule has 0 aliphatic rings. The number of methoxy groups -OCH3 is 1. The van der Waals surface area contributed by atoms with Crippen molar-refractivity contribution in [1.82, 2.24) is 10.6 Å². The van der Waals surface area contributed by atoms with Gasteiger partial charge in [0.15, 0.2) is 5.96 Å². The third-order valence-electron chi connectivity index (χ3n) is 2.76. The summed E-state index contributed by atoms with van der Waals surface area (Å²) in [4.78, 5) is 4.37. The smallest absolute Gasteiger partial charge is 0.191 e. The molecule has 1 rings (SSSR count). The van der Waals surface area contributed by atoms with Crippen LogP contribution in [-0.2, 0) is 10.3 Å². The SMILES string of the molecule is CCNC(=NCC(C)(O)c1ccc(C)o1)NCCOC.I. The zero-order valence-electron chi connectivity index (χ0n) is 13.1. The van der Waals surface area contributed by atoms with Gasteiger partial charge in [0.05, 0.1) is 13.2 Å². The van der Waals surface area contributed by atoms with E-state index in [0.29, 0.717) is 24.9 Å². The Bertz CT molecular complexity index is 433. The molecule has 122 valence electrons. The second-order valence-electron chi connectivity index (χ2n) is 4.80. The summed E-state index contributed by atoms with van der Waals surface area (Å²) < 4.78 is 10.4. The van der Waals surface area contributed by atoms with Crippen LogP contribution in [-0.4, -0.2) is 44.4 Å². The van der Waals surface area contributed by atoms with Crippen molar-refractivity contribution >= 4 is 29.9 Å². The number of hydrogen-bond donors (Lipinski definition) is 3. The molecule has 0 amide bonds. The molecule has 1 unspecified atom stereocenters. The van der Waals surface area contributed by atoms with E-state index >= 15 is 0 Å². The number of guanidine groups is 1. The molecule has 0 radical (unpaired) electrons. The predicted molar refractivity (Wildman–Crippen MR) is 94.3 cm³/mol. The summed E-state index contributed by atoms with van der Waals surface area (Å²) in [6.07, 6.45) is 0. The fourth-order valence-electron chi connectivity index (χ4n) is 1.65. The van der Waals surface area contributed by atoms with Crippen molar-refractivity contribution in [2.75, 3.05) is 33.4 Å². The van der Waals surface area contributed by atoms with Crippen molar-refractivity contribution in [3.05, 3.63) is 23.7 Å². The third kappa shape index (κ3) is 7.14.